The number of nitrogens with zero attached hydrogens (tertiary/aromatic N) is 1. The van der Waals surface area contributed by atoms with E-state index in [9.17, 15) is 0 Å². The largest absolute Gasteiger partial charge is 0.393 e. The molecule has 1 rings (SSSR count). The summed E-state index contributed by atoms with van der Waals surface area (Å²) in [6.07, 6.45) is 3.37. The van der Waals surface area contributed by atoms with Gasteiger partial charge in [-0.25, -0.2) is 0 Å². The van der Waals surface area contributed by atoms with Crippen molar-refractivity contribution in [1.82, 2.24) is 4.98 Å². The van der Waals surface area contributed by atoms with Crippen LogP contribution in [0.1, 0.15) is 24.6 Å². The maximum Gasteiger partial charge on any atom is 0.0515 e. The molecule has 1 atom stereocenters. The number of hydrogen-bond acceptors (Lipinski definition) is 2. The van der Waals surface area contributed by atoms with Gasteiger partial charge < -0.3 is 5.11 Å². The van der Waals surface area contributed by atoms with E-state index < -0.39 is 0 Å². The van der Waals surface area contributed by atoms with E-state index in [0.717, 1.165) is 18.5 Å². The monoisotopic (exact) mass is 165 g/mol. The van der Waals surface area contributed by atoms with Crippen LogP contribution in [-0.4, -0.2) is 16.2 Å². The summed E-state index contributed by atoms with van der Waals surface area (Å²) >= 11 is 0. The Morgan fingerprint density at radius 1 is 1.50 bits per heavy atom. The maximum atomic E-state index is 9.05. The predicted octanol–water partition coefficient (Wildman–Crippen LogP) is 1.70. The lowest BCUT2D eigenvalue weighted by Gasteiger charge is -2.03. The molecule has 0 fully saturated rings. The summed E-state index contributed by atoms with van der Waals surface area (Å²) < 4.78 is 0. The van der Waals surface area contributed by atoms with Gasteiger partial charge in [0.2, 0.25) is 0 Å². The van der Waals surface area contributed by atoms with Crippen molar-refractivity contribution in [2.24, 2.45) is 0 Å². The molecule has 0 aliphatic rings. The molecule has 0 aliphatic carbocycles. The molecule has 0 saturated carbocycles. The molecule has 0 saturated heterocycles. The summed E-state index contributed by atoms with van der Waals surface area (Å²) in [7, 11) is 0. The second kappa shape index (κ2) is 4.21. The van der Waals surface area contributed by atoms with Gasteiger partial charge in [0.1, 0.15) is 0 Å². The van der Waals surface area contributed by atoms with Gasteiger partial charge in [0.05, 0.1) is 6.10 Å². The molecule has 1 aromatic rings. The van der Waals surface area contributed by atoms with Crippen molar-refractivity contribution in [3.05, 3.63) is 29.6 Å². The molecule has 0 spiro atoms. The minimum Gasteiger partial charge on any atom is -0.393 e. The van der Waals surface area contributed by atoms with Gasteiger partial charge in [0.25, 0.3) is 0 Å². The molecule has 1 aromatic heterocycles. The summed E-state index contributed by atoms with van der Waals surface area (Å²) in [6, 6.07) is 4.06. The molecule has 2 heteroatoms. The smallest absolute Gasteiger partial charge is 0.0515 e. The first-order chi connectivity index (χ1) is 5.68. The Morgan fingerprint density at radius 2 is 2.25 bits per heavy atom. The van der Waals surface area contributed by atoms with E-state index in [1.807, 2.05) is 26.1 Å². The highest BCUT2D eigenvalue weighted by atomic mass is 16.3. The predicted molar refractivity (Wildman–Crippen MR) is 49.0 cm³/mol. The lowest BCUT2D eigenvalue weighted by molar-refractivity contribution is 0.185. The minimum atomic E-state index is -0.216. The number of hydrogen-bond donors (Lipinski definition) is 1. The third-order valence-electron chi connectivity index (χ3n) is 1.82. The molecule has 2 nitrogen and oxygen atoms in total. The quantitative estimate of drug-likeness (QED) is 0.739. The fourth-order valence-corrected chi connectivity index (χ4v) is 1.02. The van der Waals surface area contributed by atoms with E-state index in [1.54, 1.807) is 0 Å². The van der Waals surface area contributed by atoms with Crippen molar-refractivity contribution in [3.8, 4) is 0 Å². The van der Waals surface area contributed by atoms with Crippen LogP contribution in [0.2, 0.25) is 0 Å². The average molecular weight is 165 g/mol. The Balaban J connectivity index is 2.48. The second-order valence-corrected chi connectivity index (χ2v) is 3.20. The first kappa shape index (κ1) is 9.20. The normalized spacial score (nSPS) is 12.9. The Kier molecular flexibility index (Phi) is 3.23. The van der Waals surface area contributed by atoms with Crippen LogP contribution in [-0.2, 0) is 6.42 Å². The van der Waals surface area contributed by atoms with Crippen LogP contribution >= 0.6 is 0 Å². The Labute approximate surface area is 73.3 Å². The van der Waals surface area contributed by atoms with Gasteiger partial charge in [-0.3, -0.25) is 4.98 Å². The van der Waals surface area contributed by atoms with Crippen molar-refractivity contribution in [3.63, 3.8) is 0 Å². The van der Waals surface area contributed by atoms with Gasteiger partial charge in [-0.2, -0.15) is 0 Å². The van der Waals surface area contributed by atoms with Crippen molar-refractivity contribution >= 4 is 0 Å². The summed E-state index contributed by atoms with van der Waals surface area (Å²) in [4.78, 5) is 4.18. The molecular weight excluding hydrogens is 150 g/mol. The lowest BCUT2D eigenvalue weighted by atomic mass is 10.1. The molecule has 0 aliphatic heterocycles. The topological polar surface area (TPSA) is 33.1 Å². The molecule has 66 valence electrons. The van der Waals surface area contributed by atoms with Gasteiger partial charge >= 0.3 is 0 Å². The number of rotatable bonds is 3. The number of pyridine rings is 1. The highest BCUT2D eigenvalue weighted by molar-refractivity contribution is 5.13. The average Bonchev–Trinajstić information content (AvgIpc) is 2.03. The molecule has 0 radical (unpaired) electrons. The van der Waals surface area contributed by atoms with E-state index in [-0.39, 0.29) is 6.10 Å². The highest BCUT2D eigenvalue weighted by Crippen LogP contribution is 2.04. The van der Waals surface area contributed by atoms with E-state index in [1.165, 1.54) is 5.56 Å². The fourth-order valence-electron chi connectivity index (χ4n) is 1.02. The molecule has 0 amide bonds. The van der Waals surface area contributed by atoms with E-state index in [2.05, 4.69) is 11.1 Å². The van der Waals surface area contributed by atoms with Crippen molar-refractivity contribution < 1.29 is 5.11 Å². The molecule has 0 aromatic carbocycles. The molecule has 1 unspecified atom stereocenters. The van der Waals surface area contributed by atoms with Crippen LogP contribution in [0.3, 0.4) is 0 Å². The van der Waals surface area contributed by atoms with Crippen LogP contribution in [0.4, 0.5) is 0 Å². The van der Waals surface area contributed by atoms with Crippen LogP contribution < -0.4 is 0 Å². The van der Waals surface area contributed by atoms with Gasteiger partial charge in [0.15, 0.2) is 0 Å². The molecule has 1 N–H and O–H groups in total. The van der Waals surface area contributed by atoms with E-state index >= 15 is 0 Å². The molecule has 0 bridgehead atoms. The molecular formula is C10H15NO. The number of aromatic nitrogens is 1. The SMILES string of the molecule is Cc1ccc(CCC(C)O)cn1. The van der Waals surface area contributed by atoms with E-state index in [4.69, 9.17) is 5.11 Å². The molecule has 12 heavy (non-hydrogen) atoms. The Hall–Kier alpha value is -0.890. The standard InChI is InChI=1S/C10H15NO/c1-8-3-5-10(7-11-8)6-4-9(2)12/h3,5,7,9,12H,4,6H2,1-2H3. The summed E-state index contributed by atoms with van der Waals surface area (Å²) in [5.74, 6) is 0. The Morgan fingerprint density at radius 3 is 2.75 bits per heavy atom. The zero-order chi connectivity index (χ0) is 8.97. The first-order valence-corrected chi connectivity index (χ1v) is 4.28. The zero-order valence-electron chi connectivity index (χ0n) is 7.62. The number of aliphatic hydroxyl groups excluding tert-OH is 1. The minimum absolute atomic E-state index is 0.216. The van der Waals surface area contributed by atoms with Crippen molar-refractivity contribution in [2.45, 2.75) is 32.8 Å². The van der Waals surface area contributed by atoms with Crippen LogP contribution in [0, 0.1) is 6.92 Å². The van der Waals surface area contributed by atoms with Crippen molar-refractivity contribution in [2.75, 3.05) is 0 Å². The van der Waals surface area contributed by atoms with Crippen LogP contribution in [0.5, 0.6) is 0 Å². The van der Waals surface area contributed by atoms with E-state index in [0.29, 0.717) is 0 Å². The third-order valence-corrected chi connectivity index (χ3v) is 1.82. The summed E-state index contributed by atoms with van der Waals surface area (Å²) in [5, 5.41) is 9.05. The van der Waals surface area contributed by atoms with Gasteiger partial charge in [-0.1, -0.05) is 6.07 Å². The third kappa shape index (κ3) is 3.01. The second-order valence-electron chi connectivity index (χ2n) is 3.20. The van der Waals surface area contributed by atoms with Gasteiger partial charge in [-0.15, -0.1) is 0 Å². The fraction of sp³-hybridized carbons (Fsp3) is 0.500. The molecule has 1 heterocycles. The number of aliphatic hydroxyl groups is 1. The Bertz CT molecular complexity index is 228. The van der Waals surface area contributed by atoms with Gasteiger partial charge in [-0.05, 0) is 38.3 Å². The number of aryl methyl sites for hydroxylation is 2. The van der Waals surface area contributed by atoms with Crippen molar-refractivity contribution in [1.29, 1.82) is 0 Å². The van der Waals surface area contributed by atoms with Crippen LogP contribution in [0.15, 0.2) is 18.3 Å². The summed E-state index contributed by atoms with van der Waals surface area (Å²) in [5.41, 5.74) is 2.23. The highest BCUT2D eigenvalue weighted by Gasteiger charge is 1.97. The zero-order valence-corrected chi connectivity index (χ0v) is 7.62. The van der Waals surface area contributed by atoms with Gasteiger partial charge in [0, 0.05) is 11.9 Å². The van der Waals surface area contributed by atoms with Crippen LogP contribution in [0.25, 0.3) is 0 Å². The lowest BCUT2D eigenvalue weighted by Crippen LogP contribution is -2.01. The maximum absolute atomic E-state index is 9.05. The summed E-state index contributed by atoms with van der Waals surface area (Å²) in [6.45, 7) is 3.78. The first-order valence-electron chi connectivity index (χ1n) is 4.28.